The van der Waals surface area contributed by atoms with E-state index in [1.807, 2.05) is 36.4 Å². The molecule has 0 aliphatic heterocycles. The molecule has 0 bridgehead atoms. The van der Waals surface area contributed by atoms with Crippen LogP contribution in [-0.2, 0) is 0 Å². The van der Waals surface area contributed by atoms with Crippen LogP contribution < -0.4 is 9.47 Å². The molecule has 2 aromatic rings. The second-order valence-corrected chi connectivity index (χ2v) is 3.23. The third-order valence-corrected chi connectivity index (χ3v) is 2.33. The fourth-order valence-electron chi connectivity index (χ4n) is 1.57. The van der Waals surface area contributed by atoms with Crippen LogP contribution in [0.5, 0.6) is 11.5 Å². The Morgan fingerprint density at radius 2 is 1.17 bits per heavy atom. The molecule has 0 heterocycles. The zero-order valence-electron chi connectivity index (χ0n) is 10.4. The largest absolute Gasteiger partial charge is 0.550 e. The van der Waals surface area contributed by atoms with Crippen LogP contribution in [0.1, 0.15) is 0 Å². The molecule has 0 spiro atoms. The van der Waals surface area contributed by atoms with E-state index >= 15 is 0 Å². The van der Waals surface area contributed by atoms with Crippen LogP contribution in [0.3, 0.4) is 0 Å². The van der Waals surface area contributed by atoms with Crippen molar-refractivity contribution in [1.29, 1.82) is 0 Å². The molecule has 2 rings (SSSR count). The Bertz CT molecular complexity index is 441. The van der Waals surface area contributed by atoms with Crippen LogP contribution in [0, 0.1) is 76.7 Å². The van der Waals surface area contributed by atoms with Gasteiger partial charge in [0, 0.05) is 64.6 Å². The predicted octanol–water partition coefficient (Wildman–Crippen LogP) is 2.97. The fraction of sp³-hybridized carbons (Fsp3) is 0.143. The summed E-state index contributed by atoms with van der Waals surface area (Å²) in [5.74, 6) is 1.53. The molecule has 0 atom stereocenters. The number of benzene rings is 2. The van der Waals surface area contributed by atoms with Gasteiger partial charge in [0.05, 0.1) is 14.2 Å². The Hall–Kier alpha value is 0.222. The van der Waals surface area contributed by atoms with Crippen molar-refractivity contribution < 1.29 is 74.1 Å². The second kappa shape index (κ2) is 9.18. The topological polar surface area (TPSA) is 18.5 Å². The first-order valence-corrected chi connectivity index (χ1v) is 4.96. The van der Waals surface area contributed by atoms with Crippen molar-refractivity contribution in [3.8, 4) is 22.6 Å². The van der Waals surface area contributed by atoms with Gasteiger partial charge in [0.15, 0.2) is 0 Å². The summed E-state index contributed by atoms with van der Waals surface area (Å²) < 4.78 is 10.6. The maximum atomic E-state index is 5.29. The minimum absolute atomic E-state index is 0. The summed E-state index contributed by atoms with van der Waals surface area (Å²) in [6.07, 6.45) is 0. The van der Waals surface area contributed by atoms with Gasteiger partial charge < -0.3 is 9.47 Å². The zero-order chi connectivity index (χ0) is 11.4. The van der Waals surface area contributed by atoms with Crippen LogP contribution in [0.15, 0.2) is 36.4 Å². The molecule has 0 saturated carbocycles. The van der Waals surface area contributed by atoms with Gasteiger partial charge in [-0.2, -0.15) is 35.4 Å². The minimum atomic E-state index is 0. The van der Waals surface area contributed by atoms with Crippen LogP contribution in [0.4, 0.5) is 0 Å². The molecule has 2 nitrogen and oxygen atoms in total. The molecular weight excluding hydrogens is 662 g/mol. The molecule has 18 heavy (non-hydrogen) atoms. The van der Waals surface area contributed by atoms with Gasteiger partial charge in [-0.3, -0.25) is 0 Å². The van der Waals surface area contributed by atoms with Crippen molar-refractivity contribution in [2.75, 3.05) is 14.2 Å². The van der Waals surface area contributed by atoms with Gasteiger partial charge >= 0.3 is 0 Å². The van der Waals surface area contributed by atoms with E-state index in [9.17, 15) is 0 Å². The van der Waals surface area contributed by atoms with Gasteiger partial charge in [-0.25, -0.2) is 0 Å². The molecule has 0 saturated heterocycles. The van der Waals surface area contributed by atoms with E-state index in [-0.39, 0.29) is 64.6 Å². The molecule has 0 aliphatic carbocycles. The Morgan fingerprint density at radius 1 is 0.778 bits per heavy atom. The number of hydrogen-bond acceptors (Lipinski definition) is 2. The van der Waals surface area contributed by atoms with Crippen molar-refractivity contribution in [3.63, 3.8) is 0 Å². The summed E-state index contributed by atoms with van der Waals surface area (Å²) >= 11 is 0. The summed E-state index contributed by atoms with van der Waals surface area (Å²) in [7, 11) is 3.28. The molecule has 0 aromatic heterocycles. The van der Waals surface area contributed by atoms with Gasteiger partial charge in [0.25, 0.3) is 0 Å². The Morgan fingerprint density at radius 3 is 1.50 bits per heavy atom. The quantitative estimate of drug-likeness (QED) is 0.467. The van der Waals surface area contributed by atoms with E-state index < -0.39 is 0 Å². The fourth-order valence-corrected chi connectivity index (χ4v) is 1.57. The maximum Gasteiger partial charge on any atom is 0.0635 e. The number of rotatable bonds is 3. The number of methoxy groups -OCH3 is 2. The third kappa shape index (κ3) is 4.12. The van der Waals surface area contributed by atoms with E-state index in [1.165, 1.54) is 0 Å². The summed E-state index contributed by atoms with van der Waals surface area (Å²) in [6.45, 7) is 0. The van der Waals surface area contributed by atoms with E-state index in [0.717, 1.165) is 22.6 Å². The smallest absolute Gasteiger partial charge is 0.0635 e. The van der Waals surface area contributed by atoms with Gasteiger partial charge in [-0.1, -0.05) is 0 Å². The third-order valence-electron chi connectivity index (χ3n) is 2.33. The molecule has 0 N–H and O–H groups in total. The Balaban J connectivity index is 0.00000144. The summed E-state index contributed by atoms with van der Waals surface area (Å²) in [5.41, 5.74) is 1.73. The first-order valence-electron chi connectivity index (χ1n) is 4.96. The van der Waals surface area contributed by atoms with Gasteiger partial charge in [-0.15, -0.1) is 24.3 Å². The molecule has 0 amide bonds. The van der Waals surface area contributed by atoms with E-state index in [1.54, 1.807) is 14.2 Å². The average molecular weight is 674 g/mol. The van der Waals surface area contributed by atoms with Crippen LogP contribution >= 0.6 is 0 Å². The van der Waals surface area contributed by atoms with Crippen LogP contribution in [0.25, 0.3) is 11.1 Å². The molecule has 0 aliphatic rings. The monoisotopic (exact) mass is 674 g/mol. The Labute approximate surface area is 157 Å². The molecule has 88 valence electrons. The van der Waals surface area contributed by atoms with E-state index in [4.69, 9.17) is 9.47 Å². The normalized spacial score (nSPS) is 8.78. The number of hydrogen-bond donors (Lipinski definition) is 0. The predicted molar refractivity (Wildman–Crippen MR) is 62.7 cm³/mol. The van der Waals surface area contributed by atoms with Crippen molar-refractivity contribution in [2.24, 2.45) is 0 Å². The average Bonchev–Trinajstić information content (AvgIpc) is 2.38. The van der Waals surface area contributed by atoms with Crippen molar-refractivity contribution in [3.05, 3.63) is 48.5 Å². The van der Waals surface area contributed by atoms with Gasteiger partial charge in [-0.05, 0) is 11.5 Å². The summed E-state index contributed by atoms with van der Waals surface area (Å²) in [6, 6.07) is 17.5. The standard InChI is InChI=1S/C14H12O2.2Pa/c1-15-13-9-5-3-7-11(13)12-8-4-6-10-14(12)16-2;;/h3-6,9-10H,1-2H3;;/q-2;;. The molecule has 0 fully saturated rings. The molecule has 2 radical (unpaired) electrons. The minimum Gasteiger partial charge on any atom is -0.550 e. The van der Waals surface area contributed by atoms with Crippen LogP contribution in [0.2, 0.25) is 0 Å². The molecule has 0 unspecified atom stereocenters. The maximum absolute atomic E-state index is 5.29. The van der Waals surface area contributed by atoms with E-state index in [2.05, 4.69) is 12.1 Å². The number of ether oxygens (including phenoxy) is 2. The molecular formula is C14H12O2Pa2-2. The zero-order valence-corrected chi connectivity index (χ0v) is 20.1. The van der Waals surface area contributed by atoms with Gasteiger partial charge in [0.1, 0.15) is 0 Å². The van der Waals surface area contributed by atoms with E-state index in [0.29, 0.717) is 0 Å². The summed E-state index contributed by atoms with van der Waals surface area (Å²) in [5, 5.41) is 0. The van der Waals surface area contributed by atoms with Crippen molar-refractivity contribution in [1.82, 2.24) is 0 Å². The molecule has 4 heteroatoms. The first kappa shape index (κ1) is 18.2. The Kier molecular flexibility index (Phi) is 9.29. The molecule has 2 aromatic carbocycles. The SMILES string of the molecule is COc1ccc[c-]c1-c1[c-]cccc1OC.[Pa].[Pa]. The van der Waals surface area contributed by atoms with Crippen molar-refractivity contribution >= 4 is 0 Å². The summed E-state index contributed by atoms with van der Waals surface area (Å²) in [4.78, 5) is 0. The second-order valence-electron chi connectivity index (χ2n) is 3.23. The first-order chi connectivity index (χ1) is 7.86. The van der Waals surface area contributed by atoms with Crippen molar-refractivity contribution in [2.45, 2.75) is 0 Å². The van der Waals surface area contributed by atoms with Gasteiger partial charge in [0.2, 0.25) is 0 Å². The van der Waals surface area contributed by atoms with Crippen LogP contribution in [-0.4, -0.2) is 14.2 Å².